The zero-order chi connectivity index (χ0) is 13.6. The number of amides is 1. The molecule has 1 aromatic rings. The lowest BCUT2D eigenvalue weighted by atomic mass is 10.0. The summed E-state index contributed by atoms with van der Waals surface area (Å²) in [6.45, 7) is 3.98. The summed E-state index contributed by atoms with van der Waals surface area (Å²) in [4.78, 5) is 12.8. The second-order valence-corrected chi connectivity index (χ2v) is 5.44. The molecule has 102 valence electrons. The van der Waals surface area contributed by atoms with Crippen LogP contribution in [0.5, 0.6) is 0 Å². The Morgan fingerprint density at radius 1 is 1.39 bits per heavy atom. The molecule has 1 amide bonds. The third kappa shape index (κ3) is 3.56. The molecule has 1 heterocycles. The van der Waals surface area contributed by atoms with Gasteiger partial charge in [-0.05, 0) is 24.4 Å². The minimum atomic E-state index is -0.562. The average molecular weight is 310 g/mol. The average Bonchev–Trinajstić information content (AvgIpc) is 2.85. The molecule has 1 aromatic heterocycles. The van der Waals surface area contributed by atoms with Crippen LogP contribution in [0.15, 0.2) is 0 Å². The van der Waals surface area contributed by atoms with E-state index in [0.29, 0.717) is 11.3 Å². The molecule has 18 heavy (non-hydrogen) atoms. The number of alkyl halides is 2. The quantitative estimate of drug-likeness (QED) is 0.788. The van der Waals surface area contributed by atoms with Crippen LogP contribution >= 0.6 is 34.7 Å². The standard InChI is InChI=1S/C11H17Cl2N3OS/c1-3-5-8-9(18-16-15-8)10(17)14-11(4-2,6-12)7-13/h3-7H2,1-2H3,(H,14,17). The van der Waals surface area contributed by atoms with Crippen molar-refractivity contribution >= 4 is 40.6 Å². The molecule has 0 aliphatic carbocycles. The Kier molecular flexibility index (Phi) is 6.32. The van der Waals surface area contributed by atoms with Gasteiger partial charge in [-0.15, -0.1) is 28.3 Å². The number of carbonyl (C=O) groups is 1. The maximum absolute atomic E-state index is 12.2. The molecule has 0 aromatic carbocycles. The van der Waals surface area contributed by atoms with Crippen LogP contribution in [-0.2, 0) is 6.42 Å². The van der Waals surface area contributed by atoms with Gasteiger partial charge in [0.2, 0.25) is 0 Å². The number of hydrogen-bond acceptors (Lipinski definition) is 4. The van der Waals surface area contributed by atoms with Crippen LogP contribution in [0.1, 0.15) is 42.1 Å². The fourth-order valence-electron chi connectivity index (χ4n) is 1.46. The van der Waals surface area contributed by atoms with Gasteiger partial charge in [-0.2, -0.15) is 0 Å². The Balaban J connectivity index is 2.84. The normalized spacial score (nSPS) is 11.6. The van der Waals surface area contributed by atoms with Crippen LogP contribution in [0.2, 0.25) is 0 Å². The van der Waals surface area contributed by atoms with E-state index in [0.717, 1.165) is 30.1 Å². The van der Waals surface area contributed by atoms with Crippen molar-refractivity contribution in [2.24, 2.45) is 0 Å². The van der Waals surface area contributed by atoms with E-state index in [1.165, 1.54) is 0 Å². The molecule has 4 nitrogen and oxygen atoms in total. The first-order valence-corrected chi connectivity index (χ1v) is 7.72. The Labute approximate surface area is 121 Å². The van der Waals surface area contributed by atoms with E-state index in [-0.39, 0.29) is 17.7 Å². The predicted molar refractivity (Wildman–Crippen MR) is 75.8 cm³/mol. The minimum Gasteiger partial charge on any atom is -0.343 e. The summed E-state index contributed by atoms with van der Waals surface area (Å²) in [6, 6.07) is 0. The van der Waals surface area contributed by atoms with Gasteiger partial charge in [-0.1, -0.05) is 24.8 Å². The number of nitrogens with zero attached hydrogens (tertiary/aromatic N) is 2. The lowest BCUT2D eigenvalue weighted by Gasteiger charge is -2.29. The fraction of sp³-hybridized carbons (Fsp3) is 0.727. The highest BCUT2D eigenvalue weighted by Crippen LogP contribution is 2.18. The Hall–Kier alpha value is -0.390. The van der Waals surface area contributed by atoms with Crippen molar-refractivity contribution in [3.63, 3.8) is 0 Å². The number of hydrogen-bond donors (Lipinski definition) is 1. The van der Waals surface area contributed by atoms with E-state index in [1.807, 2.05) is 13.8 Å². The first-order chi connectivity index (χ1) is 8.62. The van der Waals surface area contributed by atoms with Crippen molar-refractivity contribution < 1.29 is 4.79 Å². The molecule has 0 bridgehead atoms. The van der Waals surface area contributed by atoms with Gasteiger partial charge < -0.3 is 5.32 Å². The molecule has 0 aliphatic rings. The minimum absolute atomic E-state index is 0.184. The van der Waals surface area contributed by atoms with Crippen LogP contribution in [0.3, 0.4) is 0 Å². The molecule has 7 heteroatoms. The lowest BCUT2D eigenvalue weighted by molar-refractivity contribution is 0.0916. The molecule has 0 aliphatic heterocycles. The maximum atomic E-state index is 12.2. The summed E-state index contributed by atoms with van der Waals surface area (Å²) in [5.74, 6) is 0.388. The van der Waals surface area contributed by atoms with Crippen molar-refractivity contribution in [1.29, 1.82) is 0 Å². The van der Waals surface area contributed by atoms with Gasteiger partial charge in [0, 0.05) is 11.8 Å². The molecule has 0 atom stereocenters. The second kappa shape index (κ2) is 7.26. The fourth-order valence-corrected chi connectivity index (χ4v) is 2.86. The molecule has 0 spiro atoms. The van der Waals surface area contributed by atoms with E-state index in [4.69, 9.17) is 23.2 Å². The summed E-state index contributed by atoms with van der Waals surface area (Å²) in [5, 5.41) is 6.88. The van der Waals surface area contributed by atoms with Crippen molar-refractivity contribution in [3.05, 3.63) is 10.6 Å². The van der Waals surface area contributed by atoms with Gasteiger partial charge in [0.25, 0.3) is 5.91 Å². The largest absolute Gasteiger partial charge is 0.343 e. The summed E-state index contributed by atoms with van der Waals surface area (Å²) in [5.41, 5.74) is 0.183. The molecule has 0 saturated heterocycles. The Morgan fingerprint density at radius 2 is 2.06 bits per heavy atom. The van der Waals surface area contributed by atoms with Crippen LogP contribution in [0, 0.1) is 0 Å². The number of aromatic nitrogens is 2. The smallest absolute Gasteiger partial charge is 0.265 e. The monoisotopic (exact) mass is 309 g/mol. The van der Waals surface area contributed by atoms with Gasteiger partial charge in [0.15, 0.2) is 0 Å². The first-order valence-electron chi connectivity index (χ1n) is 5.88. The van der Waals surface area contributed by atoms with Gasteiger partial charge in [0.1, 0.15) is 4.88 Å². The third-order valence-corrected chi connectivity index (χ3v) is 4.61. The van der Waals surface area contributed by atoms with Crippen molar-refractivity contribution in [1.82, 2.24) is 14.9 Å². The first kappa shape index (κ1) is 15.7. The molecule has 0 saturated carbocycles. The lowest BCUT2D eigenvalue weighted by Crippen LogP contribution is -2.51. The van der Waals surface area contributed by atoms with Gasteiger partial charge >= 0.3 is 0 Å². The molecular formula is C11H17Cl2N3OS. The van der Waals surface area contributed by atoms with E-state index >= 15 is 0 Å². The van der Waals surface area contributed by atoms with Crippen LogP contribution in [0.25, 0.3) is 0 Å². The number of rotatable bonds is 7. The van der Waals surface area contributed by atoms with Gasteiger partial charge in [-0.25, -0.2) is 0 Å². The number of nitrogens with one attached hydrogen (secondary N) is 1. The molecule has 0 radical (unpaired) electrons. The Morgan fingerprint density at radius 3 is 2.56 bits per heavy atom. The maximum Gasteiger partial charge on any atom is 0.265 e. The van der Waals surface area contributed by atoms with Crippen LogP contribution in [-0.4, -0.2) is 32.8 Å². The highest BCUT2D eigenvalue weighted by Gasteiger charge is 2.30. The van der Waals surface area contributed by atoms with Gasteiger partial charge in [-0.3, -0.25) is 4.79 Å². The van der Waals surface area contributed by atoms with E-state index in [9.17, 15) is 4.79 Å². The highest BCUT2D eigenvalue weighted by molar-refractivity contribution is 7.08. The van der Waals surface area contributed by atoms with E-state index < -0.39 is 5.54 Å². The SMILES string of the molecule is CCCc1nnsc1C(=O)NC(CC)(CCl)CCl. The number of carbonyl (C=O) groups excluding carboxylic acids is 1. The summed E-state index contributed by atoms with van der Waals surface area (Å²) >= 11 is 12.9. The Bertz CT molecular complexity index is 385. The molecule has 0 unspecified atom stereocenters. The van der Waals surface area contributed by atoms with Crippen molar-refractivity contribution in [2.45, 2.75) is 38.6 Å². The van der Waals surface area contributed by atoms with E-state index in [1.54, 1.807) is 0 Å². The molecular weight excluding hydrogens is 293 g/mol. The topological polar surface area (TPSA) is 54.9 Å². The predicted octanol–water partition coefficient (Wildman–Crippen LogP) is 2.85. The summed E-state index contributed by atoms with van der Waals surface area (Å²) in [6.07, 6.45) is 2.36. The zero-order valence-corrected chi connectivity index (χ0v) is 12.8. The van der Waals surface area contributed by atoms with Gasteiger partial charge in [0.05, 0.1) is 11.2 Å². The van der Waals surface area contributed by atoms with Crippen LogP contribution in [0.4, 0.5) is 0 Å². The van der Waals surface area contributed by atoms with Crippen molar-refractivity contribution in [3.8, 4) is 0 Å². The van der Waals surface area contributed by atoms with Crippen LogP contribution < -0.4 is 5.32 Å². The molecule has 0 fully saturated rings. The zero-order valence-electron chi connectivity index (χ0n) is 10.5. The number of aryl methyl sites for hydroxylation is 1. The van der Waals surface area contributed by atoms with Crippen molar-refractivity contribution in [2.75, 3.05) is 11.8 Å². The number of halogens is 2. The highest BCUT2D eigenvalue weighted by atomic mass is 35.5. The second-order valence-electron chi connectivity index (χ2n) is 4.15. The summed E-state index contributed by atoms with van der Waals surface area (Å²) in [7, 11) is 0. The molecule has 1 N–H and O–H groups in total. The molecule has 1 rings (SSSR count). The van der Waals surface area contributed by atoms with E-state index in [2.05, 4.69) is 14.9 Å². The summed E-state index contributed by atoms with van der Waals surface area (Å²) < 4.78 is 3.83. The third-order valence-electron chi connectivity index (χ3n) is 2.82.